The van der Waals surface area contributed by atoms with Crippen molar-refractivity contribution in [3.8, 4) is 0 Å². The second-order valence-electron chi connectivity index (χ2n) is 4.05. The molecule has 1 rings (SSSR count). The molecular weight excluding hydrogens is 256 g/mol. The van der Waals surface area contributed by atoms with Gasteiger partial charge in [0, 0.05) is 22.7 Å². The summed E-state index contributed by atoms with van der Waals surface area (Å²) in [5.41, 5.74) is 0. The second kappa shape index (κ2) is 7.03. The van der Waals surface area contributed by atoms with E-state index in [2.05, 4.69) is 0 Å². The van der Waals surface area contributed by atoms with Crippen LogP contribution >= 0.6 is 11.8 Å². The van der Waals surface area contributed by atoms with Gasteiger partial charge >= 0.3 is 0 Å². The first-order valence-corrected chi connectivity index (χ1v) is 8.55. The summed E-state index contributed by atoms with van der Waals surface area (Å²) in [6.07, 6.45) is 1.84. The maximum atomic E-state index is 10.9. The summed E-state index contributed by atoms with van der Waals surface area (Å²) in [4.78, 5) is 1.12. The average molecular weight is 274 g/mol. The number of thioether (sulfide) groups is 1. The summed E-state index contributed by atoms with van der Waals surface area (Å²) in [5, 5.41) is 9.69. The molecule has 17 heavy (non-hydrogen) atoms. The third-order valence-electron chi connectivity index (χ3n) is 2.24. The molecule has 0 saturated carbocycles. The van der Waals surface area contributed by atoms with Gasteiger partial charge in [0.2, 0.25) is 0 Å². The van der Waals surface area contributed by atoms with Crippen LogP contribution in [0, 0.1) is 0 Å². The lowest BCUT2D eigenvalue weighted by molar-refractivity contribution is 0.188. The van der Waals surface area contributed by atoms with Crippen LogP contribution in [0.15, 0.2) is 35.2 Å². The van der Waals surface area contributed by atoms with Crippen molar-refractivity contribution in [2.45, 2.75) is 23.8 Å². The number of hydrogen-bond acceptors (Lipinski definition) is 4. The molecule has 1 aromatic rings. The summed E-state index contributed by atoms with van der Waals surface area (Å²) in [6, 6.07) is 9.85. The largest absolute Gasteiger partial charge is 0.392 e. The highest BCUT2D eigenvalue weighted by molar-refractivity contribution is 7.99. The van der Waals surface area contributed by atoms with E-state index in [1.807, 2.05) is 30.3 Å². The molecule has 0 aliphatic heterocycles. The molecule has 0 aliphatic rings. The van der Waals surface area contributed by atoms with Crippen molar-refractivity contribution < 1.29 is 13.5 Å². The molecule has 1 unspecified atom stereocenters. The Bertz CT molecular complexity index is 415. The minimum Gasteiger partial charge on any atom is -0.392 e. The number of aliphatic hydroxyl groups is 1. The van der Waals surface area contributed by atoms with E-state index in [1.54, 1.807) is 11.8 Å². The van der Waals surface area contributed by atoms with E-state index in [-0.39, 0.29) is 5.75 Å². The summed E-state index contributed by atoms with van der Waals surface area (Å²) in [5.74, 6) is 0.758. The van der Waals surface area contributed by atoms with E-state index in [1.165, 1.54) is 6.26 Å². The molecule has 0 bridgehead atoms. The van der Waals surface area contributed by atoms with Crippen molar-refractivity contribution in [3.05, 3.63) is 30.3 Å². The van der Waals surface area contributed by atoms with Crippen LogP contribution in [0.5, 0.6) is 0 Å². The molecule has 96 valence electrons. The molecule has 0 heterocycles. The fourth-order valence-electron chi connectivity index (χ4n) is 1.37. The Morgan fingerprint density at radius 3 is 2.53 bits per heavy atom. The highest BCUT2D eigenvalue weighted by atomic mass is 32.2. The Morgan fingerprint density at radius 2 is 1.94 bits per heavy atom. The second-order valence-corrected chi connectivity index (χ2v) is 7.40. The Kier molecular flexibility index (Phi) is 6.02. The van der Waals surface area contributed by atoms with Crippen molar-refractivity contribution in [2.75, 3.05) is 17.8 Å². The Balaban J connectivity index is 2.20. The SMILES string of the molecule is CS(=O)(=O)CCCC(O)CSc1ccccc1. The molecular formula is C12H18O3S2. The highest BCUT2D eigenvalue weighted by Gasteiger charge is 2.08. The smallest absolute Gasteiger partial charge is 0.147 e. The Morgan fingerprint density at radius 1 is 1.29 bits per heavy atom. The van der Waals surface area contributed by atoms with Gasteiger partial charge in [0.1, 0.15) is 9.84 Å². The molecule has 0 amide bonds. The lowest BCUT2D eigenvalue weighted by Gasteiger charge is -2.09. The molecule has 5 heteroatoms. The maximum absolute atomic E-state index is 10.9. The zero-order chi connectivity index (χ0) is 12.7. The minimum absolute atomic E-state index is 0.153. The van der Waals surface area contributed by atoms with Gasteiger partial charge in [-0.05, 0) is 25.0 Å². The zero-order valence-electron chi connectivity index (χ0n) is 9.87. The van der Waals surface area contributed by atoms with Crippen molar-refractivity contribution in [2.24, 2.45) is 0 Å². The lowest BCUT2D eigenvalue weighted by Crippen LogP contribution is -2.12. The summed E-state index contributed by atoms with van der Waals surface area (Å²) in [6.45, 7) is 0. The topological polar surface area (TPSA) is 54.4 Å². The number of aliphatic hydroxyl groups excluding tert-OH is 1. The first-order valence-electron chi connectivity index (χ1n) is 5.51. The lowest BCUT2D eigenvalue weighted by atomic mass is 10.2. The number of rotatable bonds is 7. The van der Waals surface area contributed by atoms with E-state index in [0.29, 0.717) is 18.6 Å². The van der Waals surface area contributed by atoms with Crippen LogP contribution in [0.1, 0.15) is 12.8 Å². The zero-order valence-corrected chi connectivity index (χ0v) is 11.5. The van der Waals surface area contributed by atoms with Gasteiger partial charge in [-0.15, -0.1) is 11.8 Å². The predicted octanol–water partition coefficient (Wildman–Crippen LogP) is 1.96. The fraction of sp³-hybridized carbons (Fsp3) is 0.500. The van der Waals surface area contributed by atoms with Crippen molar-refractivity contribution in [3.63, 3.8) is 0 Å². The van der Waals surface area contributed by atoms with Gasteiger partial charge < -0.3 is 5.11 Å². The standard InChI is InChI=1S/C12H18O3S2/c1-17(14,15)9-5-6-11(13)10-16-12-7-3-2-4-8-12/h2-4,7-8,11,13H,5-6,9-10H2,1H3. The molecule has 0 aromatic heterocycles. The normalized spacial score (nSPS) is 13.5. The summed E-state index contributed by atoms with van der Waals surface area (Å²) >= 11 is 1.59. The van der Waals surface area contributed by atoms with E-state index < -0.39 is 15.9 Å². The highest BCUT2D eigenvalue weighted by Crippen LogP contribution is 2.19. The van der Waals surface area contributed by atoms with Crippen molar-refractivity contribution in [1.29, 1.82) is 0 Å². The third-order valence-corrected chi connectivity index (χ3v) is 4.43. The number of sulfone groups is 1. The van der Waals surface area contributed by atoms with Gasteiger partial charge in [-0.25, -0.2) is 8.42 Å². The average Bonchev–Trinajstić information content (AvgIpc) is 2.26. The van der Waals surface area contributed by atoms with E-state index in [0.717, 1.165) is 4.90 Å². The van der Waals surface area contributed by atoms with Crippen LogP contribution in [0.25, 0.3) is 0 Å². The minimum atomic E-state index is -2.90. The van der Waals surface area contributed by atoms with Gasteiger partial charge in [-0.2, -0.15) is 0 Å². The van der Waals surface area contributed by atoms with Crippen LogP contribution in [0.3, 0.4) is 0 Å². The maximum Gasteiger partial charge on any atom is 0.147 e. The van der Waals surface area contributed by atoms with E-state index in [4.69, 9.17) is 0 Å². The van der Waals surface area contributed by atoms with Gasteiger partial charge in [-0.1, -0.05) is 18.2 Å². The van der Waals surface area contributed by atoms with Crippen LogP contribution in [0.4, 0.5) is 0 Å². The van der Waals surface area contributed by atoms with Crippen LogP contribution in [-0.4, -0.2) is 37.4 Å². The van der Waals surface area contributed by atoms with Gasteiger partial charge in [0.05, 0.1) is 6.10 Å². The van der Waals surface area contributed by atoms with Gasteiger partial charge in [0.25, 0.3) is 0 Å². The summed E-state index contributed by atoms with van der Waals surface area (Å²) in [7, 11) is -2.90. The van der Waals surface area contributed by atoms with E-state index >= 15 is 0 Å². The molecule has 0 spiro atoms. The summed E-state index contributed by atoms with van der Waals surface area (Å²) < 4.78 is 21.8. The van der Waals surface area contributed by atoms with Gasteiger partial charge in [-0.3, -0.25) is 0 Å². The molecule has 0 aliphatic carbocycles. The van der Waals surface area contributed by atoms with Gasteiger partial charge in [0.15, 0.2) is 0 Å². The quantitative estimate of drug-likeness (QED) is 0.772. The first kappa shape index (κ1) is 14.5. The van der Waals surface area contributed by atoms with Crippen molar-refractivity contribution in [1.82, 2.24) is 0 Å². The Hall–Kier alpha value is -0.520. The van der Waals surface area contributed by atoms with Crippen molar-refractivity contribution >= 4 is 21.6 Å². The first-order chi connectivity index (χ1) is 7.97. The molecule has 1 N–H and O–H groups in total. The molecule has 1 atom stereocenters. The predicted molar refractivity (Wildman–Crippen MR) is 72.1 cm³/mol. The Labute approximate surface area is 107 Å². The van der Waals surface area contributed by atoms with Crippen LogP contribution < -0.4 is 0 Å². The van der Waals surface area contributed by atoms with Crippen LogP contribution in [-0.2, 0) is 9.84 Å². The van der Waals surface area contributed by atoms with Crippen LogP contribution in [0.2, 0.25) is 0 Å². The van der Waals surface area contributed by atoms with E-state index in [9.17, 15) is 13.5 Å². The molecule has 0 fully saturated rings. The number of benzene rings is 1. The fourth-order valence-corrected chi connectivity index (χ4v) is 2.97. The molecule has 1 aromatic carbocycles. The molecule has 0 radical (unpaired) electrons. The molecule has 0 saturated heterocycles. The molecule has 3 nitrogen and oxygen atoms in total. The number of hydrogen-bond donors (Lipinski definition) is 1. The monoisotopic (exact) mass is 274 g/mol. The third kappa shape index (κ3) is 7.41.